The molecule has 0 radical (unpaired) electrons. The van der Waals surface area contributed by atoms with E-state index in [1.165, 1.54) is 6.07 Å². The van der Waals surface area contributed by atoms with Crippen molar-refractivity contribution in [3.8, 4) is 0 Å². The van der Waals surface area contributed by atoms with Crippen LogP contribution in [-0.4, -0.2) is 44.3 Å². The largest absolute Gasteiger partial charge is 0.444 e. The molecule has 1 amide bonds. The topological polar surface area (TPSA) is 74.8 Å². The first-order valence-corrected chi connectivity index (χ1v) is 8.87. The summed E-state index contributed by atoms with van der Waals surface area (Å²) < 4.78 is 18.3. The molecule has 0 bridgehead atoms. The fraction of sp³-hybridized carbons (Fsp3) is 0.579. The molecule has 1 aromatic rings. The standard InChI is InChI=1S/C19H31FN4O2.HI/c1-14-13-16(20)8-7-15(14)9-12-23-17(21-5)22-10-6-11-24-18(25)26-19(2,3)4;/h7-8,13H,6,9-12H2,1-5H3,(H,24,25)(H2,21,22,23);1H. The number of halogens is 2. The Bertz CT molecular complexity index is 618. The number of amides is 1. The van der Waals surface area contributed by atoms with Crippen molar-refractivity contribution in [2.24, 2.45) is 4.99 Å². The van der Waals surface area contributed by atoms with Crippen molar-refractivity contribution in [1.82, 2.24) is 16.0 Å². The first-order valence-electron chi connectivity index (χ1n) is 8.87. The molecule has 6 nitrogen and oxygen atoms in total. The molecule has 8 heteroatoms. The predicted octanol–water partition coefficient (Wildman–Crippen LogP) is 3.37. The Balaban J connectivity index is 0.00000676. The zero-order valence-electron chi connectivity index (χ0n) is 16.8. The molecule has 0 aromatic heterocycles. The first-order chi connectivity index (χ1) is 12.2. The zero-order valence-corrected chi connectivity index (χ0v) is 19.1. The van der Waals surface area contributed by atoms with Crippen molar-refractivity contribution in [2.75, 3.05) is 26.7 Å². The van der Waals surface area contributed by atoms with Crippen LogP contribution in [0.1, 0.15) is 38.3 Å². The molecule has 0 unspecified atom stereocenters. The van der Waals surface area contributed by atoms with Gasteiger partial charge in [0.05, 0.1) is 0 Å². The summed E-state index contributed by atoms with van der Waals surface area (Å²) >= 11 is 0. The molecule has 1 rings (SSSR count). The quantitative estimate of drug-likeness (QED) is 0.235. The average Bonchev–Trinajstić information content (AvgIpc) is 2.53. The number of nitrogens with one attached hydrogen (secondary N) is 3. The smallest absolute Gasteiger partial charge is 0.407 e. The highest BCUT2D eigenvalue weighted by molar-refractivity contribution is 14.0. The van der Waals surface area contributed by atoms with Gasteiger partial charge in [-0.25, -0.2) is 9.18 Å². The van der Waals surface area contributed by atoms with Crippen molar-refractivity contribution in [3.05, 3.63) is 35.1 Å². The number of ether oxygens (including phenoxy) is 1. The molecule has 154 valence electrons. The Hall–Kier alpha value is -1.58. The summed E-state index contributed by atoms with van der Waals surface area (Å²) in [5, 5.41) is 9.13. The second kappa shape index (κ2) is 12.7. The maximum atomic E-state index is 13.1. The van der Waals surface area contributed by atoms with E-state index in [1.54, 1.807) is 13.1 Å². The number of guanidine groups is 1. The molecule has 0 atom stereocenters. The highest BCUT2D eigenvalue weighted by Crippen LogP contribution is 2.10. The summed E-state index contributed by atoms with van der Waals surface area (Å²) in [6.45, 7) is 9.29. The minimum absolute atomic E-state index is 0. The molecule has 27 heavy (non-hydrogen) atoms. The molecule has 0 aliphatic rings. The van der Waals surface area contributed by atoms with E-state index in [4.69, 9.17) is 4.74 Å². The molecular weight excluding hydrogens is 462 g/mol. The lowest BCUT2D eigenvalue weighted by atomic mass is 10.1. The van der Waals surface area contributed by atoms with Gasteiger partial charge in [0.2, 0.25) is 0 Å². The number of alkyl carbamates (subject to hydrolysis) is 1. The number of aliphatic imine (C=N–C) groups is 1. The Morgan fingerprint density at radius 3 is 2.37 bits per heavy atom. The van der Waals surface area contributed by atoms with Gasteiger partial charge in [-0.2, -0.15) is 0 Å². The van der Waals surface area contributed by atoms with E-state index in [0.29, 0.717) is 25.6 Å². The van der Waals surface area contributed by atoms with Crippen LogP contribution in [0.25, 0.3) is 0 Å². The van der Waals surface area contributed by atoms with Crippen LogP contribution in [0.15, 0.2) is 23.2 Å². The summed E-state index contributed by atoms with van der Waals surface area (Å²) in [5.74, 6) is 0.485. The number of hydrogen-bond acceptors (Lipinski definition) is 3. The molecule has 0 saturated carbocycles. The predicted molar refractivity (Wildman–Crippen MR) is 118 cm³/mol. The fourth-order valence-corrected chi connectivity index (χ4v) is 2.28. The number of nitrogens with zero attached hydrogens (tertiary/aromatic N) is 1. The summed E-state index contributed by atoms with van der Waals surface area (Å²) in [4.78, 5) is 15.7. The van der Waals surface area contributed by atoms with Crippen molar-refractivity contribution in [3.63, 3.8) is 0 Å². The molecule has 3 N–H and O–H groups in total. The molecule has 0 saturated heterocycles. The molecule has 0 spiro atoms. The Morgan fingerprint density at radius 2 is 1.78 bits per heavy atom. The van der Waals surface area contributed by atoms with E-state index in [-0.39, 0.29) is 29.8 Å². The van der Waals surface area contributed by atoms with Gasteiger partial charge < -0.3 is 20.7 Å². The molecule has 0 aliphatic carbocycles. The molecular formula is C19H32FIN4O2. The Kier molecular flexibility index (Phi) is 12.0. The maximum Gasteiger partial charge on any atom is 0.407 e. The molecule has 0 aliphatic heterocycles. The van der Waals surface area contributed by atoms with Crippen molar-refractivity contribution in [2.45, 2.75) is 46.1 Å². The number of benzene rings is 1. The van der Waals surface area contributed by atoms with Gasteiger partial charge in [0.1, 0.15) is 11.4 Å². The van der Waals surface area contributed by atoms with Crippen LogP contribution in [0.4, 0.5) is 9.18 Å². The number of rotatable bonds is 7. The minimum Gasteiger partial charge on any atom is -0.444 e. The van der Waals surface area contributed by atoms with E-state index in [0.717, 1.165) is 24.0 Å². The molecule has 1 aromatic carbocycles. The monoisotopic (exact) mass is 494 g/mol. The highest BCUT2D eigenvalue weighted by atomic mass is 127. The Labute approximate surface area is 178 Å². The lowest BCUT2D eigenvalue weighted by Gasteiger charge is -2.19. The minimum atomic E-state index is -0.489. The zero-order chi connectivity index (χ0) is 19.6. The van der Waals surface area contributed by atoms with Crippen molar-refractivity contribution in [1.29, 1.82) is 0 Å². The van der Waals surface area contributed by atoms with Gasteiger partial charge in [-0.15, -0.1) is 24.0 Å². The van der Waals surface area contributed by atoms with Gasteiger partial charge >= 0.3 is 6.09 Å². The van der Waals surface area contributed by atoms with Crippen LogP contribution in [0.3, 0.4) is 0 Å². The summed E-state index contributed by atoms with van der Waals surface area (Å²) in [6, 6.07) is 4.83. The van der Waals surface area contributed by atoms with Crippen LogP contribution >= 0.6 is 24.0 Å². The SMILES string of the molecule is CN=C(NCCCNC(=O)OC(C)(C)C)NCCc1ccc(F)cc1C.I. The third kappa shape index (κ3) is 11.7. The number of carbonyl (C=O) groups excluding carboxylic acids is 1. The lowest BCUT2D eigenvalue weighted by molar-refractivity contribution is 0.0527. The third-order valence-electron chi connectivity index (χ3n) is 3.53. The van der Waals surface area contributed by atoms with Crippen LogP contribution in [-0.2, 0) is 11.2 Å². The van der Waals surface area contributed by atoms with E-state index in [2.05, 4.69) is 20.9 Å². The summed E-state index contributed by atoms with van der Waals surface area (Å²) in [6.07, 6.45) is 1.12. The van der Waals surface area contributed by atoms with E-state index >= 15 is 0 Å². The van der Waals surface area contributed by atoms with Gasteiger partial charge in [-0.1, -0.05) is 6.07 Å². The molecule has 0 heterocycles. The van der Waals surface area contributed by atoms with Gasteiger partial charge in [0.15, 0.2) is 5.96 Å². The molecule has 0 fully saturated rings. The second-order valence-electron chi connectivity index (χ2n) is 7.03. The normalized spacial score (nSPS) is 11.4. The average molecular weight is 494 g/mol. The van der Waals surface area contributed by atoms with Crippen molar-refractivity contribution < 1.29 is 13.9 Å². The maximum absolute atomic E-state index is 13.1. The van der Waals surface area contributed by atoms with Gasteiger partial charge in [0.25, 0.3) is 0 Å². The lowest BCUT2D eigenvalue weighted by Crippen LogP contribution is -2.40. The van der Waals surface area contributed by atoms with Gasteiger partial charge in [-0.05, 0) is 63.8 Å². The van der Waals surface area contributed by atoms with E-state index < -0.39 is 11.7 Å². The Morgan fingerprint density at radius 1 is 1.15 bits per heavy atom. The van der Waals surface area contributed by atoms with E-state index in [1.807, 2.05) is 33.8 Å². The van der Waals surface area contributed by atoms with Crippen LogP contribution in [0.5, 0.6) is 0 Å². The van der Waals surface area contributed by atoms with Crippen LogP contribution in [0.2, 0.25) is 0 Å². The summed E-state index contributed by atoms with van der Waals surface area (Å²) in [5.41, 5.74) is 1.57. The van der Waals surface area contributed by atoms with Gasteiger partial charge in [0, 0.05) is 26.7 Å². The number of aryl methyl sites for hydroxylation is 1. The van der Waals surface area contributed by atoms with Crippen LogP contribution in [0, 0.1) is 12.7 Å². The summed E-state index contributed by atoms with van der Waals surface area (Å²) in [7, 11) is 1.71. The number of carbonyl (C=O) groups is 1. The van der Waals surface area contributed by atoms with Gasteiger partial charge in [-0.3, -0.25) is 4.99 Å². The third-order valence-corrected chi connectivity index (χ3v) is 3.53. The van der Waals surface area contributed by atoms with E-state index in [9.17, 15) is 9.18 Å². The highest BCUT2D eigenvalue weighted by Gasteiger charge is 2.15. The fourth-order valence-electron chi connectivity index (χ4n) is 2.28. The number of hydrogen-bond donors (Lipinski definition) is 3. The van der Waals surface area contributed by atoms with Crippen molar-refractivity contribution >= 4 is 36.0 Å². The second-order valence-corrected chi connectivity index (χ2v) is 7.03. The first kappa shape index (κ1) is 25.4. The van der Waals surface area contributed by atoms with Crippen LogP contribution < -0.4 is 16.0 Å².